The molecule has 0 aliphatic heterocycles. The second-order valence-corrected chi connectivity index (χ2v) is 2.18. The Morgan fingerprint density at radius 3 is 1.57 bits per heavy atom. The Labute approximate surface area is 73.7 Å². The van der Waals surface area contributed by atoms with Crippen molar-refractivity contribution >= 4 is 11.5 Å². The molecule has 0 saturated heterocycles. The monoisotopic (exact) mass is 219 g/mol. The van der Waals surface area contributed by atoms with E-state index in [-0.39, 0.29) is 0 Å². The van der Waals surface area contributed by atoms with Gasteiger partial charge in [0.2, 0.25) is 0 Å². The summed E-state index contributed by atoms with van der Waals surface area (Å²) in [5, 5.41) is 6.32. The van der Waals surface area contributed by atoms with Gasteiger partial charge in [-0.1, -0.05) is 6.58 Å². The van der Waals surface area contributed by atoms with Crippen LogP contribution in [0.25, 0.3) is 0 Å². The summed E-state index contributed by atoms with van der Waals surface area (Å²) in [4.78, 5) is 10.1. The van der Waals surface area contributed by atoms with Gasteiger partial charge in [0, 0.05) is 0 Å². The molecule has 0 aliphatic rings. The van der Waals surface area contributed by atoms with Crippen molar-refractivity contribution in [3.8, 4) is 0 Å². The largest absolute Gasteiger partial charge is 0.456 e. The number of ketones is 1. The van der Waals surface area contributed by atoms with Crippen molar-refractivity contribution in [1.29, 1.82) is 5.41 Å². The summed E-state index contributed by atoms with van der Waals surface area (Å²) in [5.74, 6) is -2.86. The van der Waals surface area contributed by atoms with E-state index in [4.69, 9.17) is 5.41 Å². The van der Waals surface area contributed by atoms with Crippen molar-refractivity contribution in [2.24, 2.45) is 0 Å². The summed E-state index contributed by atoms with van der Waals surface area (Å²) in [6, 6.07) is 0. The Morgan fingerprint density at radius 2 is 1.36 bits per heavy atom. The molecule has 1 N–H and O–H groups in total. The van der Waals surface area contributed by atoms with Crippen molar-refractivity contribution in [2.75, 3.05) is 0 Å². The van der Waals surface area contributed by atoms with E-state index in [1.165, 1.54) is 0 Å². The molecular weight excluding hydrogens is 216 g/mol. The van der Waals surface area contributed by atoms with Gasteiger partial charge in [-0.15, -0.1) is 0 Å². The van der Waals surface area contributed by atoms with Gasteiger partial charge in [-0.25, -0.2) is 0 Å². The van der Waals surface area contributed by atoms with Gasteiger partial charge in [0.25, 0.3) is 5.78 Å². The number of hydrogen-bond donors (Lipinski definition) is 1. The lowest BCUT2D eigenvalue weighted by Gasteiger charge is -2.11. The molecule has 0 aromatic carbocycles. The van der Waals surface area contributed by atoms with E-state index in [1.54, 1.807) is 0 Å². The van der Waals surface area contributed by atoms with Crippen molar-refractivity contribution < 1.29 is 31.1 Å². The molecule has 0 aromatic heterocycles. The highest BCUT2D eigenvalue weighted by Crippen LogP contribution is 2.27. The first-order valence-corrected chi connectivity index (χ1v) is 2.94. The van der Waals surface area contributed by atoms with Crippen molar-refractivity contribution in [1.82, 2.24) is 0 Å². The molecule has 0 saturated carbocycles. The van der Waals surface area contributed by atoms with Gasteiger partial charge in [-0.2, -0.15) is 26.3 Å². The zero-order chi connectivity index (χ0) is 11.7. The summed E-state index contributed by atoms with van der Waals surface area (Å²) in [7, 11) is 0. The van der Waals surface area contributed by atoms with Crippen LogP contribution in [0, 0.1) is 5.41 Å². The third kappa shape index (κ3) is 2.86. The average molecular weight is 219 g/mol. The SMILES string of the molecule is C=C(C(=N)C(=O)C(F)(F)F)C(F)(F)F. The molecule has 0 spiro atoms. The quantitative estimate of drug-likeness (QED) is 0.561. The molecule has 0 aromatic rings. The van der Waals surface area contributed by atoms with E-state index in [0.717, 1.165) is 0 Å². The van der Waals surface area contributed by atoms with Crippen molar-refractivity contribution in [2.45, 2.75) is 12.4 Å². The highest BCUT2D eigenvalue weighted by atomic mass is 19.4. The van der Waals surface area contributed by atoms with E-state index in [1.807, 2.05) is 0 Å². The molecule has 0 bridgehead atoms. The maximum atomic E-state index is 11.7. The Balaban J connectivity index is 4.85. The first kappa shape index (κ1) is 12.7. The predicted octanol–water partition coefficient (Wildman–Crippen LogP) is 2.26. The van der Waals surface area contributed by atoms with E-state index in [0.29, 0.717) is 0 Å². The van der Waals surface area contributed by atoms with Crippen LogP contribution in [0.5, 0.6) is 0 Å². The Morgan fingerprint density at radius 1 is 1.00 bits per heavy atom. The molecule has 0 rings (SSSR count). The molecule has 0 aliphatic carbocycles. The fourth-order valence-electron chi connectivity index (χ4n) is 0.421. The topological polar surface area (TPSA) is 40.9 Å². The normalized spacial score (nSPS) is 12.4. The maximum Gasteiger partial charge on any atom is 0.456 e. The zero-order valence-electron chi connectivity index (χ0n) is 6.38. The lowest BCUT2D eigenvalue weighted by Crippen LogP contribution is -2.34. The van der Waals surface area contributed by atoms with Crippen LogP contribution >= 0.6 is 0 Å². The van der Waals surface area contributed by atoms with Gasteiger partial charge in [0.1, 0.15) is 5.71 Å². The van der Waals surface area contributed by atoms with Crippen LogP contribution in [-0.2, 0) is 4.79 Å². The van der Waals surface area contributed by atoms with Gasteiger partial charge < -0.3 is 0 Å². The number of carbonyl (C=O) groups excluding carboxylic acids is 1. The van der Waals surface area contributed by atoms with Gasteiger partial charge in [-0.05, 0) is 0 Å². The summed E-state index contributed by atoms with van der Waals surface area (Å²) in [6.07, 6.45) is -10.7. The molecular formula is C6H3F6NO. The second-order valence-electron chi connectivity index (χ2n) is 2.18. The maximum absolute atomic E-state index is 11.7. The summed E-state index contributed by atoms with van der Waals surface area (Å²) in [6.45, 7) is 2.19. The molecule has 0 amide bonds. The number of carbonyl (C=O) groups is 1. The third-order valence-corrected chi connectivity index (χ3v) is 1.13. The van der Waals surface area contributed by atoms with Crippen molar-refractivity contribution in [3.63, 3.8) is 0 Å². The second kappa shape index (κ2) is 3.43. The molecule has 8 heteroatoms. The molecule has 14 heavy (non-hydrogen) atoms. The fraction of sp³-hybridized carbons (Fsp3) is 0.333. The van der Waals surface area contributed by atoms with Crippen LogP contribution in [0.2, 0.25) is 0 Å². The smallest absolute Gasteiger partial charge is 0.296 e. The first-order chi connectivity index (χ1) is 5.98. The molecule has 0 atom stereocenters. The van der Waals surface area contributed by atoms with Crippen LogP contribution in [-0.4, -0.2) is 23.8 Å². The van der Waals surface area contributed by atoms with E-state index in [2.05, 4.69) is 6.58 Å². The Bertz CT molecular complexity index is 258. The number of halogens is 6. The van der Waals surface area contributed by atoms with Crippen LogP contribution < -0.4 is 0 Å². The van der Waals surface area contributed by atoms with Gasteiger partial charge in [-0.3, -0.25) is 10.2 Å². The van der Waals surface area contributed by atoms with Crippen LogP contribution in [0.1, 0.15) is 0 Å². The van der Waals surface area contributed by atoms with Crippen LogP contribution in [0.15, 0.2) is 12.2 Å². The number of alkyl halides is 6. The third-order valence-electron chi connectivity index (χ3n) is 1.13. The summed E-state index contributed by atoms with van der Waals surface area (Å²) < 4.78 is 69.7. The van der Waals surface area contributed by atoms with Crippen LogP contribution in [0.3, 0.4) is 0 Å². The van der Waals surface area contributed by atoms with E-state index >= 15 is 0 Å². The number of allylic oxidation sites excluding steroid dienone is 1. The Hall–Kier alpha value is -1.34. The number of rotatable bonds is 2. The first-order valence-electron chi connectivity index (χ1n) is 2.94. The lowest BCUT2D eigenvalue weighted by atomic mass is 10.1. The van der Waals surface area contributed by atoms with E-state index < -0.39 is 29.4 Å². The number of Topliss-reactive ketones (excluding diaryl/α,β-unsaturated/α-hetero) is 1. The molecule has 0 heterocycles. The summed E-state index contributed by atoms with van der Waals surface area (Å²) in [5.41, 5.74) is -4.30. The van der Waals surface area contributed by atoms with Crippen molar-refractivity contribution in [3.05, 3.63) is 12.2 Å². The molecule has 80 valence electrons. The molecule has 2 nitrogen and oxygen atoms in total. The predicted molar refractivity (Wildman–Crippen MR) is 34.0 cm³/mol. The van der Waals surface area contributed by atoms with Gasteiger partial charge >= 0.3 is 12.4 Å². The Kier molecular flexibility index (Phi) is 3.10. The number of nitrogens with one attached hydrogen (secondary N) is 1. The van der Waals surface area contributed by atoms with Gasteiger partial charge in [0.15, 0.2) is 0 Å². The minimum Gasteiger partial charge on any atom is -0.296 e. The van der Waals surface area contributed by atoms with Gasteiger partial charge in [0.05, 0.1) is 5.57 Å². The highest BCUT2D eigenvalue weighted by molar-refractivity contribution is 6.46. The zero-order valence-corrected chi connectivity index (χ0v) is 6.38. The van der Waals surface area contributed by atoms with E-state index in [9.17, 15) is 31.1 Å². The molecule has 0 unspecified atom stereocenters. The minimum atomic E-state index is -5.49. The summed E-state index contributed by atoms with van der Waals surface area (Å²) >= 11 is 0. The highest BCUT2D eigenvalue weighted by Gasteiger charge is 2.46. The standard InChI is InChI=1S/C6H3F6NO/c1-2(5(7,8)9)3(13)4(14)6(10,11)12/h13H,1H2. The average Bonchev–Trinajstić information content (AvgIpc) is 1.97. The number of hydrogen-bond acceptors (Lipinski definition) is 2. The van der Waals surface area contributed by atoms with Crippen LogP contribution in [0.4, 0.5) is 26.3 Å². The molecule has 0 fully saturated rings. The lowest BCUT2D eigenvalue weighted by molar-refractivity contribution is -0.163. The molecule has 0 radical (unpaired) electrons. The minimum absolute atomic E-state index is 2.11. The fourth-order valence-corrected chi connectivity index (χ4v) is 0.421.